The van der Waals surface area contributed by atoms with Crippen molar-refractivity contribution in [2.75, 3.05) is 0 Å². The van der Waals surface area contributed by atoms with Crippen LogP contribution < -0.4 is 0 Å². The summed E-state index contributed by atoms with van der Waals surface area (Å²) < 4.78 is 0. The maximum absolute atomic E-state index is 4.16. The average molecular weight is 299 g/mol. The summed E-state index contributed by atoms with van der Waals surface area (Å²) in [6.45, 7) is 9.24. The minimum Gasteiger partial charge on any atom is -0.103 e. The molecular formula is C22H34. The quantitative estimate of drug-likeness (QED) is 0.483. The number of hydrogen-bond acceptors (Lipinski definition) is 0. The van der Waals surface area contributed by atoms with Gasteiger partial charge >= 0.3 is 0 Å². The summed E-state index contributed by atoms with van der Waals surface area (Å²) >= 11 is 0. The van der Waals surface area contributed by atoms with E-state index in [1.54, 1.807) is 0 Å². The van der Waals surface area contributed by atoms with Crippen molar-refractivity contribution in [1.29, 1.82) is 0 Å². The Balaban J connectivity index is 1.63. The van der Waals surface area contributed by atoms with Gasteiger partial charge in [0.05, 0.1) is 0 Å². The van der Waals surface area contributed by atoms with Crippen LogP contribution in [-0.4, -0.2) is 0 Å². The molecule has 0 aliphatic heterocycles. The summed E-state index contributed by atoms with van der Waals surface area (Å²) in [7, 11) is 0. The Bertz CT molecular complexity index is 484. The van der Waals surface area contributed by atoms with E-state index >= 15 is 0 Å². The maximum Gasteiger partial charge on any atom is -0.0169 e. The molecular weight excluding hydrogens is 264 g/mol. The van der Waals surface area contributed by atoms with Gasteiger partial charge in [-0.15, -0.1) is 6.58 Å². The predicted molar refractivity (Wildman–Crippen MR) is 94.6 cm³/mol. The summed E-state index contributed by atoms with van der Waals surface area (Å²) in [6, 6.07) is 0. The highest BCUT2D eigenvalue weighted by Gasteiger charge is 2.54. The van der Waals surface area contributed by atoms with Gasteiger partial charge < -0.3 is 0 Å². The van der Waals surface area contributed by atoms with Gasteiger partial charge in [0.25, 0.3) is 0 Å². The van der Waals surface area contributed by atoms with Crippen LogP contribution in [0.5, 0.6) is 0 Å². The fraction of sp³-hybridized carbons (Fsp3) is 0.818. The standard InChI is InChI=1S/C22H34/c1-4-17-9-11-21-20-10-8-16-14-15(2)6-5-7-18(16)19(20)12-13-22(17,21)3/h4,15,17,19-21H,1,5-14H2,2-3H3/t15-,17?,19?,20?,21?,22+/m0/s1. The Hall–Kier alpha value is -0.520. The molecule has 0 bridgehead atoms. The molecule has 0 aromatic carbocycles. The highest BCUT2D eigenvalue weighted by Crippen LogP contribution is 2.63. The second kappa shape index (κ2) is 5.53. The first-order valence-electron chi connectivity index (χ1n) is 9.97. The van der Waals surface area contributed by atoms with Crippen molar-refractivity contribution in [2.24, 2.45) is 35.0 Å². The number of allylic oxidation sites excluding steroid dienone is 3. The largest absolute Gasteiger partial charge is 0.103 e. The normalized spacial score (nSPS) is 48.2. The second-order valence-electron chi connectivity index (χ2n) is 9.21. The highest BCUT2D eigenvalue weighted by molar-refractivity contribution is 5.26. The van der Waals surface area contributed by atoms with Crippen LogP contribution in [0, 0.1) is 35.0 Å². The molecule has 22 heavy (non-hydrogen) atoms. The van der Waals surface area contributed by atoms with E-state index in [0.29, 0.717) is 5.41 Å². The minimum atomic E-state index is 0.582. The third kappa shape index (κ3) is 2.16. The average Bonchev–Trinajstić information content (AvgIpc) is 2.72. The molecule has 2 fully saturated rings. The molecule has 0 saturated heterocycles. The van der Waals surface area contributed by atoms with E-state index in [1.165, 1.54) is 64.2 Å². The van der Waals surface area contributed by atoms with Crippen LogP contribution >= 0.6 is 0 Å². The fourth-order valence-electron chi connectivity index (χ4n) is 7.07. The lowest BCUT2D eigenvalue weighted by Crippen LogP contribution is -2.43. The van der Waals surface area contributed by atoms with Crippen LogP contribution in [0.2, 0.25) is 0 Å². The molecule has 122 valence electrons. The Morgan fingerprint density at radius 1 is 1.09 bits per heavy atom. The van der Waals surface area contributed by atoms with Crippen molar-refractivity contribution in [3.05, 3.63) is 23.8 Å². The molecule has 4 aliphatic rings. The van der Waals surface area contributed by atoms with Crippen LogP contribution in [0.3, 0.4) is 0 Å². The van der Waals surface area contributed by atoms with E-state index in [1.807, 2.05) is 11.1 Å². The van der Waals surface area contributed by atoms with E-state index < -0.39 is 0 Å². The summed E-state index contributed by atoms with van der Waals surface area (Å²) in [6.07, 6.45) is 16.9. The zero-order valence-corrected chi connectivity index (χ0v) is 14.7. The highest BCUT2D eigenvalue weighted by atomic mass is 14.6. The lowest BCUT2D eigenvalue weighted by atomic mass is 9.54. The van der Waals surface area contributed by atoms with E-state index in [4.69, 9.17) is 0 Å². The number of rotatable bonds is 1. The zero-order valence-electron chi connectivity index (χ0n) is 14.7. The van der Waals surface area contributed by atoms with Crippen LogP contribution in [0.15, 0.2) is 23.8 Å². The van der Waals surface area contributed by atoms with E-state index in [2.05, 4.69) is 26.5 Å². The van der Waals surface area contributed by atoms with Gasteiger partial charge in [-0.1, -0.05) is 37.5 Å². The summed E-state index contributed by atoms with van der Waals surface area (Å²) in [4.78, 5) is 0. The van der Waals surface area contributed by atoms with Crippen molar-refractivity contribution < 1.29 is 0 Å². The molecule has 2 saturated carbocycles. The van der Waals surface area contributed by atoms with Gasteiger partial charge in [-0.05, 0) is 92.8 Å². The maximum atomic E-state index is 4.16. The lowest BCUT2D eigenvalue weighted by Gasteiger charge is -2.51. The molecule has 0 nitrogen and oxygen atoms in total. The molecule has 0 aromatic heterocycles. The van der Waals surface area contributed by atoms with Crippen molar-refractivity contribution in [3.63, 3.8) is 0 Å². The molecule has 4 rings (SSSR count). The molecule has 0 N–H and O–H groups in total. The number of hydrogen-bond donors (Lipinski definition) is 0. The Morgan fingerprint density at radius 3 is 2.77 bits per heavy atom. The molecule has 0 amide bonds. The molecule has 4 aliphatic carbocycles. The number of fused-ring (bicyclic) bond motifs is 4. The molecule has 0 heterocycles. The third-order valence-corrected chi connectivity index (χ3v) is 8.21. The third-order valence-electron chi connectivity index (χ3n) is 8.21. The molecule has 0 spiro atoms. The second-order valence-corrected chi connectivity index (χ2v) is 9.21. The first kappa shape index (κ1) is 15.0. The van der Waals surface area contributed by atoms with Gasteiger partial charge in [0, 0.05) is 0 Å². The molecule has 0 radical (unpaired) electrons. The van der Waals surface area contributed by atoms with E-state index in [9.17, 15) is 0 Å². The van der Waals surface area contributed by atoms with Crippen molar-refractivity contribution >= 4 is 0 Å². The fourth-order valence-corrected chi connectivity index (χ4v) is 7.07. The lowest BCUT2D eigenvalue weighted by molar-refractivity contribution is 0.0254. The van der Waals surface area contributed by atoms with Crippen LogP contribution in [0.25, 0.3) is 0 Å². The zero-order chi connectivity index (χ0) is 15.3. The molecule has 0 heteroatoms. The molecule has 0 aromatic rings. The SMILES string of the molecule is C=CC1CCC2C3CCC4=C(CCC[C@H](C)C4)C3CC[C@]12C. The monoisotopic (exact) mass is 298 g/mol. The Morgan fingerprint density at radius 2 is 1.95 bits per heavy atom. The van der Waals surface area contributed by atoms with Gasteiger partial charge in [0.1, 0.15) is 0 Å². The Kier molecular flexibility index (Phi) is 3.78. The van der Waals surface area contributed by atoms with Crippen molar-refractivity contribution in [2.45, 2.75) is 78.1 Å². The van der Waals surface area contributed by atoms with Crippen molar-refractivity contribution in [3.8, 4) is 0 Å². The van der Waals surface area contributed by atoms with Gasteiger partial charge in [0.15, 0.2) is 0 Å². The van der Waals surface area contributed by atoms with Gasteiger partial charge in [0.2, 0.25) is 0 Å². The Labute approximate surface area is 137 Å². The van der Waals surface area contributed by atoms with Crippen molar-refractivity contribution in [1.82, 2.24) is 0 Å². The summed E-state index contributed by atoms with van der Waals surface area (Å²) in [5, 5.41) is 0. The first-order valence-corrected chi connectivity index (χ1v) is 9.97. The minimum absolute atomic E-state index is 0.582. The topological polar surface area (TPSA) is 0 Å². The van der Waals surface area contributed by atoms with E-state index in [-0.39, 0.29) is 0 Å². The van der Waals surface area contributed by atoms with Crippen LogP contribution in [0.4, 0.5) is 0 Å². The van der Waals surface area contributed by atoms with Crippen LogP contribution in [0.1, 0.15) is 78.1 Å². The van der Waals surface area contributed by atoms with Gasteiger partial charge in [-0.25, -0.2) is 0 Å². The predicted octanol–water partition coefficient (Wildman–Crippen LogP) is 6.53. The summed E-state index contributed by atoms with van der Waals surface area (Å²) in [5.41, 5.74) is 4.46. The first-order chi connectivity index (χ1) is 10.6. The molecule has 4 unspecified atom stereocenters. The van der Waals surface area contributed by atoms with E-state index in [0.717, 1.165) is 29.6 Å². The molecule has 6 atom stereocenters. The summed E-state index contributed by atoms with van der Waals surface area (Å²) in [5.74, 6) is 4.70. The van der Waals surface area contributed by atoms with Gasteiger partial charge in [-0.2, -0.15) is 0 Å². The van der Waals surface area contributed by atoms with Gasteiger partial charge in [-0.3, -0.25) is 0 Å². The smallest absolute Gasteiger partial charge is 0.0169 e. The van der Waals surface area contributed by atoms with Crippen LogP contribution in [-0.2, 0) is 0 Å².